The normalized spacial score (nSPS) is 25.7. The Balaban J connectivity index is 1.69. The number of hydrogen-bond donors (Lipinski definition) is 3. The Hall–Kier alpha value is -4.07. The van der Waals surface area contributed by atoms with Crippen molar-refractivity contribution >= 4 is 17.5 Å². The van der Waals surface area contributed by atoms with Crippen LogP contribution in [-0.2, 0) is 20.7 Å². The average molecular weight is 433 g/mol. The number of fused-ring (bicyclic) bond motifs is 5. The van der Waals surface area contributed by atoms with Gasteiger partial charge in [-0.2, -0.15) is 0 Å². The molecule has 8 heteroatoms. The number of aromatic hydroxyl groups is 1. The Morgan fingerprint density at radius 2 is 1.78 bits per heavy atom. The largest absolute Gasteiger partial charge is 0.507 e. The van der Waals surface area contributed by atoms with Gasteiger partial charge in [-0.3, -0.25) is 14.4 Å². The van der Waals surface area contributed by atoms with Crippen LogP contribution in [0, 0.1) is 0 Å². The van der Waals surface area contributed by atoms with Crippen molar-refractivity contribution in [3.05, 3.63) is 76.3 Å². The number of carbonyl (C=O) groups is 3. The fourth-order valence-corrected chi connectivity index (χ4v) is 4.55. The molecule has 2 atom stereocenters. The minimum atomic E-state index is -1.58. The van der Waals surface area contributed by atoms with Crippen molar-refractivity contribution in [3.63, 3.8) is 0 Å². The van der Waals surface area contributed by atoms with Gasteiger partial charge in [0.05, 0.1) is 5.56 Å². The van der Waals surface area contributed by atoms with Gasteiger partial charge in [0, 0.05) is 17.7 Å². The summed E-state index contributed by atoms with van der Waals surface area (Å²) in [5.74, 6) is -2.67. The molecule has 0 spiro atoms. The molecule has 0 aromatic heterocycles. The zero-order valence-corrected chi connectivity index (χ0v) is 17.5. The van der Waals surface area contributed by atoms with Crippen molar-refractivity contribution in [2.45, 2.75) is 31.9 Å². The van der Waals surface area contributed by atoms with Gasteiger partial charge in [-0.25, -0.2) is 0 Å². The van der Waals surface area contributed by atoms with E-state index < -0.39 is 34.4 Å². The minimum absolute atomic E-state index is 0.00731. The lowest BCUT2D eigenvalue weighted by molar-refractivity contribution is -0.123. The van der Waals surface area contributed by atoms with Gasteiger partial charge in [-0.05, 0) is 20.8 Å². The molecular formula is C24H19NO7. The molecule has 3 aliphatic rings. The van der Waals surface area contributed by atoms with Crippen molar-refractivity contribution in [1.29, 1.82) is 0 Å². The summed E-state index contributed by atoms with van der Waals surface area (Å²) in [5.41, 5.74) is -2.42. The molecule has 1 amide bonds. The molecule has 0 bridgehead atoms. The zero-order valence-electron chi connectivity index (χ0n) is 17.5. The van der Waals surface area contributed by atoms with Crippen LogP contribution < -0.4 is 14.8 Å². The lowest BCUT2D eigenvalue weighted by Crippen LogP contribution is -2.51. The maximum Gasteiger partial charge on any atom is 0.262 e. The number of benzene rings is 2. The Kier molecular flexibility index (Phi) is 3.87. The van der Waals surface area contributed by atoms with Crippen LogP contribution in [0.25, 0.3) is 0 Å². The number of Topliss-reactive ketones (excluding diaryl/α,β-unsaturated/α-hetero) is 2. The Morgan fingerprint density at radius 3 is 2.44 bits per heavy atom. The predicted octanol–water partition coefficient (Wildman–Crippen LogP) is 2.91. The molecule has 0 saturated carbocycles. The highest BCUT2D eigenvalue weighted by Crippen LogP contribution is 2.57. The number of phenolic OH excluding ortho intramolecular Hbond substituents is 1. The summed E-state index contributed by atoms with van der Waals surface area (Å²) in [6.07, 6.45) is 1.17. The average Bonchev–Trinajstić information content (AvgIpc) is 3.02. The molecular weight excluding hydrogens is 414 g/mol. The Labute approximate surface area is 182 Å². The molecule has 2 aromatic carbocycles. The van der Waals surface area contributed by atoms with E-state index in [4.69, 9.17) is 9.47 Å². The van der Waals surface area contributed by atoms with E-state index in [2.05, 4.69) is 5.32 Å². The van der Waals surface area contributed by atoms with Gasteiger partial charge >= 0.3 is 0 Å². The van der Waals surface area contributed by atoms with Crippen molar-refractivity contribution in [1.82, 2.24) is 5.32 Å². The van der Waals surface area contributed by atoms with Gasteiger partial charge in [0.2, 0.25) is 5.72 Å². The highest BCUT2D eigenvalue weighted by molar-refractivity contribution is 6.25. The van der Waals surface area contributed by atoms with E-state index in [0.29, 0.717) is 5.56 Å². The maximum atomic E-state index is 13.2. The standard InChI is InChI=1S/C24H19NO7/c1-11(26)17-13(27)10-16-23(2,21(17)29)19-14(28)9-15-18(20(19)31-16)22(30)25-24(3,32-15)12-7-5-4-6-8-12/h4-10,27-28H,1-3H3,(H,25,30)/t23-,24?/m1/s1. The summed E-state index contributed by atoms with van der Waals surface area (Å²) in [6.45, 7) is 4.33. The summed E-state index contributed by atoms with van der Waals surface area (Å²) in [7, 11) is 0. The Bertz CT molecular complexity index is 1310. The molecule has 2 aliphatic heterocycles. The number of ketones is 2. The SMILES string of the molecule is CC(=O)C1=C(O)C=C2Oc3c4c(cc(O)c3[C@]2(C)C1=O)OC(C)(c1ccccc1)NC4=O. The summed E-state index contributed by atoms with van der Waals surface area (Å²) >= 11 is 0. The Morgan fingerprint density at radius 1 is 1.09 bits per heavy atom. The van der Waals surface area contributed by atoms with E-state index >= 15 is 0 Å². The van der Waals surface area contributed by atoms with Gasteiger partial charge in [0.1, 0.15) is 39.6 Å². The molecule has 0 fully saturated rings. The summed E-state index contributed by atoms with van der Waals surface area (Å²) in [5, 5.41) is 23.9. The summed E-state index contributed by atoms with van der Waals surface area (Å²) < 4.78 is 11.9. The van der Waals surface area contributed by atoms with Gasteiger partial charge in [0.15, 0.2) is 17.3 Å². The fourth-order valence-electron chi connectivity index (χ4n) is 4.55. The predicted molar refractivity (Wildman–Crippen MR) is 111 cm³/mol. The first-order chi connectivity index (χ1) is 15.1. The number of nitrogens with one attached hydrogen (secondary N) is 1. The molecule has 8 nitrogen and oxygen atoms in total. The summed E-state index contributed by atoms with van der Waals surface area (Å²) in [6, 6.07) is 10.3. The highest BCUT2D eigenvalue weighted by atomic mass is 16.5. The quantitative estimate of drug-likeness (QED) is 0.623. The summed E-state index contributed by atoms with van der Waals surface area (Å²) in [4.78, 5) is 38.4. The number of aliphatic hydroxyl groups excluding tert-OH is 1. The van der Waals surface area contributed by atoms with E-state index in [0.717, 1.165) is 0 Å². The third-order valence-electron chi connectivity index (χ3n) is 6.20. The van der Waals surface area contributed by atoms with Crippen LogP contribution in [0.15, 0.2) is 59.6 Å². The zero-order chi connectivity index (χ0) is 23.0. The van der Waals surface area contributed by atoms with Crippen LogP contribution in [0.4, 0.5) is 0 Å². The topological polar surface area (TPSA) is 122 Å². The van der Waals surface area contributed by atoms with Crippen molar-refractivity contribution in [2.24, 2.45) is 0 Å². The first kappa shape index (κ1) is 19.9. The van der Waals surface area contributed by atoms with Crippen LogP contribution in [0.5, 0.6) is 17.2 Å². The van der Waals surface area contributed by atoms with E-state index in [1.807, 2.05) is 18.2 Å². The minimum Gasteiger partial charge on any atom is -0.507 e. The highest BCUT2D eigenvalue weighted by Gasteiger charge is 2.56. The number of carbonyl (C=O) groups excluding carboxylic acids is 3. The molecule has 5 rings (SSSR count). The van der Waals surface area contributed by atoms with Crippen molar-refractivity contribution < 1.29 is 34.1 Å². The van der Waals surface area contributed by atoms with Crippen LogP contribution in [0.2, 0.25) is 0 Å². The second kappa shape index (κ2) is 6.23. The van der Waals surface area contributed by atoms with Crippen LogP contribution in [0.1, 0.15) is 42.3 Å². The van der Waals surface area contributed by atoms with Crippen LogP contribution >= 0.6 is 0 Å². The molecule has 1 aliphatic carbocycles. The van der Waals surface area contributed by atoms with Gasteiger partial charge in [-0.15, -0.1) is 0 Å². The lowest BCUT2D eigenvalue weighted by atomic mass is 9.71. The molecule has 2 heterocycles. The van der Waals surface area contributed by atoms with E-state index in [-0.39, 0.29) is 39.7 Å². The second-order valence-electron chi connectivity index (χ2n) is 8.31. The lowest BCUT2D eigenvalue weighted by Gasteiger charge is -2.37. The number of phenols is 1. The number of allylic oxidation sites excluding steroid dienone is 3. The fraction of sp³-hybridized carbons (Fsp3) is 0.208. The van der Waals surface area contributed by atoms with Crippen LogP contribution in [0.3, 0.4) is 0 Å². The number of aliphatic hydroxyl groups is 1. The molecule has 0 radical (unpaired) electrons. The molecule has 162 valence electrons. The van der Waals surface area contributed by atoms with E-state index in [1.54, 1.807) is 19.1 Å². The molecule has 2 aromatic rings. The maximum absolute atomic E-state index is 13.2. The van der Waals surface area contributed by atoms with Gasteiger partial charge in [0.25, 0.3) is 5.91 Å². The van der Waals surface area contributed by atoms with Gasteiger partial charge in [-0.1, -0.05) is 30.3 Å². The third-order valence-corrected chi connectivity index (χ3v) is 6.20. The number of rotatable bonds is 2. The molecule has 0 saturated heterocycles. The van der Waals surface area contributed by atoms with E-state index in [1.165, 1.54) is 26.0 Å². The van der Waals surface area contributed by atoms with Crippen LogP contribution in [-0.4, -0.2) is 27.7 Å². The number of amides is 1. The van der Waals surface area contributed by atoms with E-state index in [9.17, 15) is 24.6 Å². The molecule has 1 unspecified atom stereocenters. The smallest absolute Gasteiger partial charge is 0.262 e. The second-order valence-corrected chi connectivity index (χ2v) is 8.31. The van der Waals surface area contributed by atoms with Crippen molar-refractivity contribution in [2.75, 3.05) is 0 Å². The monoisotopic (exact) mass is 433 g/mol. The first-order valence-corrected chi connectivity index (χ1v) is 9.94. The third kappa shape index (κ3) is 2.40. The van der Waals surface area contributed by atoms with Crippen molar-refractivity contribution in [3.8, 4) is 17.2 Å². The number of hydrogen-bond acceptors (Lipinski definition) is 7. The molecule has 32 heavy (non-hydrogen) atoms. The number of ether oxygens (including phenoxy) is 2. The molecule has 3 N–H and O–H groups in total. The first-order valence-electron chi connectivity index (χ1n) is 9.94. The van der Waals surface area contributed by atoms with Gasteiger partial charge < -0.3 is 25.0 Å².